The molecule has 1 atom stereocenters. The van der Waals surface area contributed by atoms with Gasteiger partial charge in [0.2, 0.25) is 5.91 Å². The Morgan fingerprint density at radius 1 is 1.27 bits per heavy atom. The van der Waals surface area contributed by atoms with Crippen molar-refractivity contribution in [3.8, 4) is 5.75 Å². The van der Waals surface area contributed by atoms with Crippen LogP contribution in [0.1, 0.15) is 50.1 Å². The number of ether oxygens (including phenoxy) is 2. The summed E-state index contributed by atoms with van der Waals surface area (Å²) in [6.07, 6.45) is -3.81. The Morgan fingerprint density at radius 2 is 2.05 bits per heavy atom. The van der Waals surface area contributed by atoms with Crippen LogP contribution in [-0.2, 0) is 28.0 Å². The largest absolute Gasteiger partial charge is 0.493 e. The molecule has 1 aromatic carbocycles. The number of likely N-dealkylation sites (tertiary alicyclic amines) is 1. The molecular weight excluding hydrogens is 491 g/mol. The summed E-state index contributed by atoms with van der Waals surface area (Å²) >= 11 is 0. The number of alkyl halides is 3. The summed E-state index contributed by atoms with van der Waals surface area (Å²) < 4.78 is 50.7. The zero-order chi connectivity index (χ0) is 26.5. The predicted molar refractivity (Wildman–Crippen MR) is 128 cm³/mol. The number of aromatic nitrogens is 2. The van der Waals surface area contributed by atoms with E-state index in [9.17, 15) is 22.8 Å². The van der Waals surface area contributed by atoms with Crippen LogP contribution in [0.4, 0.5) is 35.3 Å². The molecule has 5 rings (SSSR count). The van der Waals surface area contributed by atoms with Crippen molar-refractivity contribution in [2.24, 2.45) is 0 Å². The summed E-state index contributed by atoms with van der Waals surface area (Å²) in [4.78, 5) is 37.3. The number of anilines is 3. The molecule has 0 bridgehead atoms. The van der Waals surface area contributed by atoms with Gasteiger partial charge in [0.05, 0.1) is 23.3 Å². The lowest BCUT2D eigenvalue weighted by Gasteiger charge is -2.25. The minimum Gasteiger partial charge on any atom is -0.493 e. The van der Waals surface area contributed by atoms with Crippen LogP contribution in [0.5, 0.6) is 5.75 Å². The number of hydrogen-bond donors (Lipinski definition) is 1. The third-order valence-corrected chi connectivity index (χ3v) is 7.09. The monoisotopic (exact) mass is 519 g/mol. The van der Waals surface area contributed by atoms with Gasteiger partial charge in [0.15, 0.2) is 12.4 Å². The van der Waals surface area contributed by atoms with Gasteiger partial charge < -0.3 is 14.8 Å². The number of nitrogens with one attached hydrogen (secondary N) is 1. The quantitative estimate of drug-likeness (QED) is 0.637. The molecule has 1 fully saturated rings. The Hall–Kier alpha value is -3.57. The van der Waals surface area contributed by atoms with Gasteiger partial charge in [-0.25, -0.2) is 14.8 Å². The molecule has 2 aromatic rings. The molecule has 1 saturated heterocycles. The van der Waals surface area contributed by atoms with Gasteiger partial charge in [0.1, 0.15) is 23.4 Å². The van der Waals surface area contributed by atoms with Crippen molar-refractivity contribution in [2.45, 2.75) is 63.8 Å². The second-order valence-electron chi connectivity index (χ2n) is 9.89. The van der Waals surface area contributed by atoms with Gasteiger partial charge in [-0.3, -0.25) is 14.6 Å². The molecule has 1 N–H and O–H groups in total. The molecule has 1 aromatic heterocycles. The van der Waals surface area contributed by atoms with Crippen LogP contribution in [-0.4, -0.2) is 59.3 Å². The number of hydrogen-bond acceptors (Lipinski definition) is 7. The molecule has 0 radical (unpaired) electrons. The van der Waals surface area contributed by atoms with E-state index in [-0.39, 0.29) is 31.1 Å². The van der Waals surface area contributed by atoms with Gasteiger partial charge in [-0.05, 0) is 63.3 Å². The van der Waals surface area contributed by atoms with E-state index in [0.29, 0.717) is 34.4 Å². The second kappa shape index (κ2) is 9.07. The Labute approximate surface area is 212 Å². The molecule has 3 aliphatic rings. The van der Waals surface area contributed by atoms with E-state index in [1.54, 1.807) is 27.0 Å². The summed E-state index contributed by atoms with van der Waals surface area (Å²) in [5.74, 6) is 1.37. The number of carbonyl (C=O) groups excluding carboxylic acids is 2. The predicted octanol–water partition coefficient (Wildman–Crippen LogP) is 4.46. The summed E-state index contributed by atoms with van der Waals surface area (Å²) in [5, 5.41) is 2.99. The van der Waals surface area contributed by atoms with E-state index in [2.05, 4.69) is 15.3 Å². The smallest absolute Gasteiger partial charge is 0.410 e. The zero-order valence-electron chi connectivity index (χ0n) is 20.8. The van der Waals surface area contributed by atoms with E-state index in [0.717, 1.165) is 24.2 Å². The maximum absolute atomic E-state index is 13.6. The minimum absolute atomic E-state index is 0.0334. The Kier molecular flexibility index (Phi) is 6.15. The van der Waals surface area contributed by atoms with Crippen molar-refractivity contribution in [3.63, 3.8) is 0 Å². The topological polar surface area (TPSA) is 96.9 Å². The highest BCUT2D eigenvalue weighted by Gasteiger charge is 2.50. The highest BCUT2D eigenvalue weighted by atomic mass is 19.4. The zero-order valence-corrected chi connectivity index (χ0v) is 20.8. The molecule has 4 heterocycles. The molecule has 9 nitrogen and oxygen atoms in total. The summed E-state index contributed by atoms with van der Waals surface area (Å²) in [6, 6.07) is 3.66. The number of rotatable bonds is 4. The van der Waals surface area contributed by atoms with E-state index in [1.807, 2.05) is 12.1 Å². The Balaban J connectivity index is 1.46. The van der Waals surface area contributed by atoms with Crippen molar-refractivity contribution < 1.29 is 32.2 Å². The van der Waals surface area contributed by atoms with E-state index < -0.39 is 30.3 Å². The molecule has 0 saturated carbocycles. The maximum atomic E-state index is 13.6. The summed E-state index contributed by atoms with van der Waals surface area (Å²) in [5.41, 5.74) is 1.24. The maximum Gasteiger partial charge on any atom is 0.410 e. The van der Waals surface area contributed by atoms with E-state index in [4.69, 9.17) is 9.47 Å². The van der Waals surface area contributed by atoms with Crippen LogP contribution in [0.15, 0.2) is 18.2 Å². The lowest BCUT2D eigenvalue weighted by atomic mass is 9.87. The fraction of sp³-hybridized carbons (Fsp3) is 0.520. The summed E-state index contributed by atoms with van der Waals surface area (Å²) in [6.45, 7) is 3.73. The lowest BCUT2D eigenvalue weighted by molar-refractivity contribution is -0.171. The van der Waals surface area contributed by atoms with Crippen molar-refractivity contribution >= 4 is 29.3 Å². The number of fused-ring (bicyclic) bond motifs is 2. The number of carbonyl (C=O) groups is 2. The number of halogens is 3. The molecule has 2 amide bonds. The van der Waals surface area contributed by atoms with Crippen LogP contribution >= 0.6 is 0 Å². The number of amides is 2. The molecule has 0 aliphatic carbocycles. The highest BCUT2D eigenvalue weighted by molar-refractivity contribution is 6.12. The SMILES string of the molecule is CNc1nc(COC(=O)N2CCCC2C(F)(F)F)nc2c1C(C)(C)C(=O)N2c1ccc2c(c1)CCCO2. The standard InChI is InChI=1S/C25H28F3N5O4/c1-24(2)19-20(29-3)30-18(13-37-23(35)32-10-4-7-17(32)25(26,27)28)31-21(19)33(22(24)34)15-8-9-16-14(12-15)6-5-11-36-16/h8-9,12,17H,4-7,10-11,13H2,1-3H3,(H,29,30,31). The lowest BCUT2D eigenvalue weighted by Crippen LogP contribution is -2.44. The second-order valence-corrected chi connectivity index (χ2v) is 9.89. The van der Waals surface area contributed by atoms with Crippen molar-refractivity contribution in [2.75, 3.05) is 30.4 Å². The molecule has 37 heavy (non-hydrogen) atoms. The van der Waals surface area contributed by atoms with Crippen LogP contribution < -0.4 is 15.0 Å². The van der Waals surface area contributed by atoms with Gasteiger partial charge >= 0.3 is 12.3 Å². The first-order chi connectivity index (χ1) is 17.5. The summed E-state index contributed by atoms with van der Waals surface area (Å²) in [7, 11) is 1.65. The first-order valence-electron chi connectivity index (χ1n) is 12.2. The number of nitrogens with zero attached hydrogens (tertiary/aromatic N) is 4. The molecule has 0 spiro atoms. The van der Waals surface area contributed by atoms with Crippen molar-refractivity contribution in [3.05, 3.63) is 35.2 Å². The Bertz CT molecular complexity index is 1250. The highest BCUT2D eigenvalue weighted by Crippen LogP contribution is 2.48. The normalized spacial score (nSPS) is 20.4. The van der Waals surface area contributed by atoms with E-state index in [1.165, 1.54) is 4.90 Å². The van der Waals surface area contributed by atoms with Crippen LogP contribution in [0.3, 0.4) is 0 Å². The van der Waals surface area contributed by atoms with Crippen LogP contribution in [0.25, 0.3) is 0 Å². The van der Waals surface area contributed by atoms with Gasteiger partial charge in [0.25, 0.3) is 0 Å². The van der Waals surface area contributed by atoms with Crippen LogP contribution in [0.2, 0.25) is 0 Å². The fourth-order valence-corrected chi connectivity index (χ4v) is 5.22. The number of aryl methyl sites for hydroxylation is 1. The molecule has 3 aliphatic heterocycles. The molecule has 12 heteroatoms. The first-order valence-corrected chi connectivity index (χ1v) is 12.2. The van der Waals surface area contributed by atoms with Crippen LogP contribution in [0, 0.1) is 0 Å². The van der Waals surface area contributed by atoms with Crippen molar-refractivity contribution in [1.82, 2.24) is 14.9 Å². The third-order valence-electron chi connectivity index (χ3n) is 7.09. The third kappa shape index (κ3) is 4.31. The molecule has 1 unspecified atom stereocenters. The first kappa shape index (κ1) is 25.1. The molecule has 198 valence electrons. The molecular formula is C25H28F3N5O4. The fourth-order valence-electron chi connectivity index (χ4n) is 5.22. The average molecular weight is 520 g/mol. The van der Waals surface area contributed by atoms with Gasteiger partial charge in [-0.1, -0.05) is 0 Å². The van der Waals surface area contributed by atoms with Gasteiger partial charge in [-0.15, -0.1) is 0 Å². The Morgan fingerprint density at radius 3 is 2.78 bits per heavy atom. The van der Waals surface area contributed by atoms with Crippen molar-refractivity contribution in [1.29, 1.82) is 0 Å². The van der Waals surface area contributed by atoms with Gasteiger partial charge in [0, 0.05) is 13.6 Å². The van der Waals surface area contributed by atoms with Gasteiger partial charge in [-0.2, -0.15) is 13.2 Å². The average Bonchev–Trinajstić information content (AvgIpc) is 3.44. The minimum atomic E-state index is -4.52. The van der Waals surface area contributed by atoms with E-state index >= 15 is 0 Å². The number of benzene rings is 1.